The number of primary amides is 1. The Kier molecular flexibility index (Phi) is 6.20. The highest BCUT2D eigenvalue weighted by Gasteiger charge is 2.32. The maximum Gasteiger partial charge on any atom is 0.248 e. The van der Waals surface area contributed by atoms with Crippen molar-refractivity contribution in [2.24, 2.45) is 11.7 Å². The third kappa shape index (κ3) is 4.50. The molecule has 3 N–H and O–H groups in total. The molecular weight excluding hydrogens is 404 g/mol. The molecular formula is C21H22N4O4S. The number of amides is 2. The number of carbonyl (C=O) groups is 2. The number of benzene rings is 2. The van der Waals surface area contributed by atoms with Crippen molar-refractivity contribution in [3.05, 3.63) is 59.2 Å². The number of hydrogen-bond donors (Lipinski definition) is 2. The molecule has 0 aliphatic carbocycles. The molecule has 3 rings (SSSR count). The first-order chi connectivity index (χ1) is 14.2. The number of rotatable bonds is 5. The highest BCUT2D eigenvalue weighted by Crippen LogP contribution is 2.25. The second-order valence-electron chi connectivity index (χ2n) is 7.20. The van der Waals surface area contributed by atoms with Crippen molar-refractivity contribution < 1.29 is 18.0 Å². The van der Waals surface area contributed by atoms with Crippen molar-refractivity contribution in [3.8, 4) is 6.07 Å². The number of hydrogen-bond acceptors (Lipinski definition) is 5. The highest BCUT2D eigenvalue weighted by molar-refractivity contribution is 7.89. The Hall–Kier alpha value is -3.22. The van der Waals surface area contributed by atoms with E-state index < -0.39 is 15.9 Å². The fraction of sp³-hybridized carbons (Fsp3) is 0.286. The Bertz CT molecular complexity index is 1110. The van der Waals surface area contributed by atoms with Crippen molar-refractivity contribution in [2.45, 2.75) is 24.7 Å². The minimum absolute atomic E-state index is 0.134. The number of nitrogens with one attached hydrogen (secondary N) is 1. The van der Waals surface area contributed by atoms with Gasteiger partial charge in [-0.1, -0.05) is 0 Å². The number of anilines is 1. The van der Waals surface area contributed by atoms with Crippen LogP contribution in [0.15, 0.2) is 47.4 Å². The van der Waals surface area contributed by atoms with Crippen LogP contribution in [0.3, 0.4) is 0 Å². The molecule has 1 fully saturated rings. The van der Waals surface area contributed by atoms with Gasteiger partial charge in [0.05, 0.1) is 16.5 Å². The van der Waals surface area contributed by atoms with Crippen molar-refractivity contribution in [2.75, 3.05) is 18.4 Å². The molecule has 8 nitrogen and oxygen atoms in total. The number of nitriles is 1. The van der Waals surface area contributed by atoms with Crippen LogP contribution in [0, 0.1) is 24.2 Å². The average molecular weight is 426 g/mol. The Morgan fingerprint density at radius 1 is 1.13 bits per heavy atom. The second kappa shape index (κ2) is 8.65. The van der Waals surface area contributed by atoms with Gasteiger partial charge in [0.2, 0.25) is 21.8 Å². The first-order valence-corrected chi connectivity index (χ1v) is 10.9. The van der Waals surface area contributed by atoms with Crippen LogP contribution in [0.1, 0.15) is 34.3 Å². The molecule has 1 saturated heterocycles. The number of carbonyl (C=O) groups excluding carboxylic acids is 2. The normalized spacial score (nSPS) is 15.3. The number of aryl methyl sites for hydroxylation is 1. The summed E-state index contributed by atoms with van der Waals surface area (Å²) in [5.74, 6) is -1.02. The summed E-state index contributed by atoms with van der Waals surface area (Å²) in [6.45, 7) is 2.21. The molecule has 2 amide bonds. The largest absolute Gasteiger partial charge is 0.366 e. The Balaban J connectivity index is 1.62. The van der Waals surface area contributed by atoms with Gasteiger partial charge in [0, 0.05) is 30.3 Å². The van der Waals surface area contributed by atoms with Crippen LogP contribution in [-0.2, 0) is 14.8 Å². The van der Waals surface area contributed by atoms with Gasteiger partial charge < -0.3 is 11.1 Å². The van der Waals surface area contributed by atoms with Crippen LogP contribution < -0.4 is 11.1 Å². The molecule has 9 heteroatoms. The van der Waals surface area contributed by atoms with E-state index in [2.05, 4.69) is 5.32 Å². The van der Waals surface area contributed by atoms with Crippen LogP contribution in [0.2, 0.25) is 0 Å². The molecule has 1 aliphatic heterocycles. The molecule has 1 heterocycles. The third-order valence-electron chi connectivity index (χ3n) is 5.21. The SMILES string of the molecule is Cc1cc(NC(=O)C2CCN(S(=O)(=O)c3ccc(C#N)cc3)CC2)ccc1C(N)=O. The zero-order valence-corrected chi connectivity index (χ0v) is 17.3. The summed E-state index contributed by atoms with van der Waals surface area (Å²) in [6.07, 6.45) is 0.805. The molecule has 2 aromatic carbocycles. The van der Waals surface area contributed by atoms with E-state index in [0.29, 0.717) is 35.2 Å². The van der Waals surface area contributed by atoms with E-state index in [1.54, 1.807) is 25.1 Å². The van der Waals surface area contributed by atoms with E-state index in [0.717, 1.165) is 0 Å². The zero-order valence-electron chi connectivity index (χ0n) is 16.5. The van der Waals surface area contributed by atoms with E-state index in [4.69, 9.17) is 11.0 Å². The first-order valence-electron chi connectivity index (χ1n) is 9.44. The van der Waals surface area contributed by atoms with E-state index in [-0.39, 0.29) is 29.8 Å². The van der Waals surface area contributed by atoms with Crippen molar-refractivity contribution in [1.29, 1.82) is 5.26 Å². The summed E-state index contributed by atoms with van der Waals surface area (Å²) in [7, 11) is -3.67. The lowest BCUT2D eigenvalue weighted by Gasteiger charge is -2.30. The molecule has 0 saturated carbocycles. The quantitative estimate of drug-likeness (QED) is 0.754. The van der Waals surface area contributed by atoms with Gasteiger partial charge in [0.15, 0.2) is 0 Å². The summed E-state index contributed by atoms with van der Waals surface area (Å²) in [4.78, 5) is 24.0. The molecule has 0 radical (unpaired) electrons. The Morgan fingerprint density at radius 2 is 1.77 bits per heavy atom. The van der Waals surface area contributed by atoms with Gasteiger partial charge in [-0.2, -0.15) is 9.57 Å². The monoisotopic (exact) mass is 426 g/mol. The number of nitrogens with zero attached hydrogens (tertiary/aromatic N) is 2. The standard InChI is InChI=1S/C21H22N4O4S/c1-14-12-17(4-7-19(14)20(23)26)24-21(27)16-8-10-25(11-9-16)30(28,29)18-5-2-15(13-22)3-6-18/h2-7,12,16H,8-11H2,1H3,(H2,23,26)(H,24,27). The number of nitrogens with two attached hydrogens (primary N) is 1. The Morgan fingerprint density at radius 3 is 2.30 bits per heavy atom. The fourth-order valence-electron chi connectivity index (χ4n) is 3.47. The highest BCUT2D eigenvalue weighted by atomic mass is 32.2. The van der Waals surface area contributed by atoms with Gasteiger partial charge >= 0.3 is 0 Å². The molecule has 0 bridgehead atoms. The molecule has 0 unspecified atom stereocenters. The lowest BCUT2D eigenvalue weighted by molar-refractivity contribution is -0.120. The van der Waals surface area contributed by atoms with Crippen molar-refractivity contribution >= 4 is 27.5 Å². The molecule has 0 atom stereocenters. The Labute approximate surface area is 175 Å². The van der Waals surface area contributed by atoms with Crippen LogP contribution in [0.25, 0.3) is 0 Å². The molecule has 0 spiro atoms. The summed E-state index contributed by atoms with van der Waals surface area (Å²) < 4.78 is 26.9. The lowest BCUT2D eigenvalue weighted by atomic mass is 9.97. The molecule has 0 aromatic heterocycles. The zero-order chi connectivity index (χ0) is 21.9. The van der Waals surface area contributed by atoms with Crippen LogP contribution >= 0.6 is 0 Å². The minimum Gasteiger partial charge on any atom is -0.366 e. The van der Waals surface area contributed by atoms with E-state index in [1.165, 1.54) is 28.6 Å². The third-order valence-corrected chi connectivity index (χ3v) is 7.12. The van der Waals surface area contributed by atoms with E-state index in [1.807, 2.05) is 6.07 Å². The van der Waals surface area contributed by atoms with Gasteiger partial charge in [-0.05, 0) is 67.8 Å². The summed E-state index contributed by atoms with van der Waals surface area (Å²) >= 11 is 0. The second-order valence-corrected chi connectivity index (χ2v) is 9.14. The van der Waals surface area contributed by atoms with Crippen LogP contribution in [0.5, 0.6) is 0 Å². The smallest absolute Gasteiger partial charge is 0.248 e. The minimum atomic E-state index is -3.67. The molecule has 1 aliphatic rings. The number of sulfonamides is 1. The average Bonchev–Trinajstić information content (AvgIpc) is 2.73. The fourth-order valence-corrected chi connectivity index (χ4v) is 4.94. The van der Waals surface area contributed by atoms with Gasteiger partial charge in [-0.25, -0.2) is 8.42 Å². The molecule has 2 aromatic rings. The van der Waals surface area contributed by atoms with Crippen molar-refractivity contribution in [1.82, 2.24) is 4.31 Å². The van der Waals surface area contributed by atoms with E-state index >= 15 is 0 Å². The van der Waals surface area contributed by atoms with Gasteiger partial charge in [-0.15, -0.1) is 0 Å². The summed E-state index contributed by atoms with van der Waals surface area (Å²) in [6, 6.07) is 12.6. The number of piperidine rings is 1. The van der Waals surface area contributed by atoms with Gasteiger partial charge in [0.1, 0.15) is 0 Å². The van der Waals surface area contributed by atoms with Crippen LogP contribution in [-0.4, -0.2) is 37.6 Å². The predicted octanol–water partition coefficient (Wildman–Crippen LogP) is 2.00. The van der Waals surface area contributed by atoms with E-state index in [9.17, 15) is 18.0 Å². The van der Waals surface area contributed by atoms with Gasteiger partial charge in [0.25, 0.3) is 0 Å². The maximum absolute atomic E-state index is 12.8. The topological polar surface area (TPSA) is 133 Å². The summed E-state index contributed by atoms with van der Waals surface area (Å²) in [5, 5.41) is 11.7. The lowest BCUT2D eigenvalue weighted by Crippen LogP contribution is -2.41. The molecule has 30 heavy (non-hydrogen) atoms. The molecule has 156 valence electrons. The van der Waals surface area contributed by atoms with Gasteiger partial charge in [-0.3, -0.25) is 9.59 Å². The van der Waals surface area contributed by atoms with Crippen molar-refractivity contribution in [3.63, 3.8) is 0 Å². The predicted molar refractivity (Wildman–Crippen MR) is 111 cm³/mol. The first kappa shape index (κ1) is 21.5. The summed E-state index contributed by atoms with van der Waals surface area (Å²) in [5.41, 5.74) is 7.32. The maximum atomic E-state index is 12.8. The van der Waals surface area contributed by atoms with Crippen LogP contribution in [0.4, 0.5) is 5.69 Å².